The van der Waals surface area contributed by atoms with Crippen LogP contribution in [0.1, 0.15) is 30.3 Å². The number of anilines is 1. The molecule has 6 heteroatoms. The molecule has 3 rings (SSSR count). The minimum Gasteiger partial charge on any atom is -0.324 e. The van der Waals surface area contributed by atoms with Crippen molar-refractivity contribution in [2.24, 2.45) is 5.92 Å². The van der Waals surface area contributed by atoms with Crippen molar-refractivity contribution in [1.82, 2.24) is 4.90 Å². The Kier molecular flexibility index (Phi) is 4.55. The SMILES string of the molecule is CC(C)C(=O)N1CC(=O)Nc2ccc(Br)cc2C1c1cccs1. The Hall–Kier alpha value is -1.66. The number of benzene rings is 1. The summed E-state index contributed by atoms with van der Waals surface area (Å²) in [7, 11) is 0. The number of rotatable bonds is 2. The average molecular weight is 393 g/mol. The number of amides is 2. The van der Waals surface area contributed by atoms with Gasteiger partial charge in [0.15, 0.2) is 0 Å². The third-order valence-electron chi connectivity index (χ3n) is 3.80. The first-order valence-corrected chi connectivity index (χ1v) is 9.08. The van der Waals surface area contributed by atoms with Gasteiger partial charge in [-0.1, -0.05) is 35.8 Å². The first kappa shape index (κ1) is 16.2. The van der Waals surface area contributed by atoms with E-state index >= 15 is 0 Å². The lowest BCUT2D eigenvalue weighted by Crippen LogP contribution is -2.40. The summed E-state index contributed by atoms with van der Waals surface area (Å²) in [5, 5.41) is 4.91. The molecular formula is C17H17BrN2O2S. The molecule has 0 saturated heterocycles. The Labute approximate surface area is 147 Å². The summed E-state index contributed by atoms with van der Waals surface area (Å²) in [6.07, 6.45) is 0. The molecule has 0 spiro atoms. The van der Waals surface area contributed by atoms with E-state index in [1.807, 2.05) is 49.6 Å². The number of halogens is 1. The van der Waals surface area contributed by atoms with E-state index in [4.69, 9.17) is 0 Å². The van der Waals surface area contributed by atoms with Crippen LogP contribution in [0.3, 0.4) is 0 Å². The fourth-order valence-electron chi connectivity index (χ4n) is 2.77. The smallest absolute Gasteiger partial charge is 0.244 e. The number of fused-ring (bicyclic) bond motifs is 1. The predicted molar refractivity (Wildman–Crippen MR) is 95.5 cm³/mol. The summed E-state index contributed by atoms with van der Waals surface area (Å²) in [4.78, 5) is 27.7. The third kappa shape index (κ3) is 3.19. The highest BCUT2D eigenvalue weighted by molar-refractivity contribution is 9.10. The molecule has 23 heavy (non-hydrogen) atoms. The zero-order valence-corrected chi connectivity index (χ0v) is 15.3. The van der Waals surface area contributed by atoms with Crippen molar-refractivity contribution in [3.8, 4) is 0 Å². The molecule has 1 N–H and O–H groups in total. The minimum atomic E-state index is -0.253. The van der Waals surface area contributed by atoms with Gasteiger partial charge in [-0.3, -0.25) is 9.59 Å². The number of thiophene rings is 1. The van der Waals surface area contributed by atoms with Crippen LogP contribution in [0.5, 0.6) is 0 Å². The van der Waals surface area contributed by atoms with Crippen molar-refractivity contribution in [2.75, 3.05) is 11.9 Å². The highest BCUT2D eigenvalue weighted by Crippen LogP contribution is 2.39. The number of carbonyl (C=O) groups is 2. The van der Waals surface area contributed by atoms with Gasteiger partial charge >= 0.3 is 0 Å². The third-order valence-corrected chi connectivity index (χ3v) is 5.22. The fraction of sp³-hybridized carbons (Fsp3) is 0.294. The van der Waals surface area contributed by atoms with Crippen LogP contribution in [0.25, 0.3) is 0 Å². The number of nitrogens with zero attached hydrogens (tertiary/aromatic N) is 1. The first-order chi connectivity index (χ1) is 11.0. The second-order valence-electron chi connectivity index (χ2n) is 5.82. The minimum absolute atomic E-state index is 0.0219. The lowest BCUT2D eigenvalue weighted by Gasteiger charge is -2.31. The molecular weight excluding hydrogens is 376 g/mol. The molecule has 1 aliphatic heterocycles. The molecule has 1 aromatic heterocycles. The monoisotopic (exact) mass is 392 g/mol. The molecule has 0 radical (unpaired) electrons. The van der Waals surface area contributed by atoms with Gasteiger partial charge in [0, 0.05) is 26.5 Å². The predicted octanol–water partition coefficient (Wildman–Crippen LogP) is 4.04. The summed E-state index contributed by atoms with van der Waals surface area (Å²) in [6, 6.07) is 9.47. The molecule has 0 saturated carbocycles. The second kappa shape index (κ2) is 6.45. The number of nitrogens with one attached hydrogen (secondary N) is 1. The molecule has 0 bridgehead atoms. The van der Waals surface area contributed by atoms with E-state index in [0.717, 1.165) is 20.6 Å². The highest BCUT2D eigenvalue weighted by atomic mass is 79.9. The van der Waals surface area contributed by atoms with Crippen molar-refractivity contribution < 1.29 is 9.59 Å². The van der Waals surface area contributed by atoms with Gasteiger partial charge in [-0.25, -0.2) is 0 Å². The topological polar surface area (TPSA) is 49.4 Å². The maximum atomic E-state index is 12.7. The summed E-state index contributed by atoms with van der Waals surface area (Å²) in [6.45, 7) is 3.78. The summed E-state index contributed by atoms with van der Waals surface area (Å²) >= 11 is 5.09. The fourth-order valence-corrected chi connectivity index (χ4v) is 4.00. The maximum absolute atomic E-state index is 12.7. The Bertz CT molecular complexity index is 743. The molecule has 120 valence electrons. The van der Waals surface area contributed by atoms with E-state index in [2.05, 4.69) is 21.2 Å². The molecule has 2 aromatic rings. The van der Waals surface area contributed by atoms with Gasteiger partial charge in [-0.2, -0.15) is 0 Å². The van der Waals surface area contributed by atoms with E-state index in [1.54, 1.807) is 16.2 Å². The normalized spacial score (nSPS) is 17.7. The molecule has 1 aromatic carbocycles. The van der Waals surface area contributed by atoms with E-state index in [1.165, 1.54) is 0 Å². The van der Waals surface area contributed by atoms with E-state index in [-0.39, 0.29) is 30.3 Å². The first-order valence-electron chi connectivity index (χ1n) is 7.40. The molecule has 2 amide bonds. The Morgan fingerprint density at radius 2 is 2.17 bits per heavy atom. The molecule has 2 heterocycles. The van der Waals surface area contributed by atoms with Crippen molar-refractivity contribution >= 4 is 44.8 Å². The molecule has 4 nitrogen and oxygen atoms in total. The zero-order valence-electron chi connectivity index (χ0n) is 12.9. The number of carbonyl (C=O) groups excluding carboxylic acids is 2. The Balaban J connectivity index is 2.19. The van der Waals surface area contributed by atoms with Crippen LogP contribution in [0.2, 0.25) is 0 Å². The molecule has 0 fully saturated rings. The summed E-state index contributed by atoms with van der Waals surface area (Å²) in [5.41, 5.74) is 1.69. The standard InChI is InChI=1S/C17H17BrN2O2S/c1-10(2)17(22)20-9-15(21)19-13-6-5-11(18)8-12(13)16(20)14-4-3-7-23-14/h3-8,10,16H,9H2,1-2H3,(H,19,21). The summed E-state index contributed by atoms with van der Waals surface area (Å²) in [5.74, 6) is -0.355. The van der Waals surface area contributed by atoms with Gasteiger partial charge in [0.2, 0.25) is 11.8 Å². The lowest BCUT2D eigenvalue weighted by atomic mass is 10.0. The lowest BCUT2D eigenvalue weighted by molar-refractivity contribution is -0.138. The Morgan fingerprint density at radius 3 is 2.83 bits per heavy atom. The summed E-state index contributed by atoms with van der Waals surface area (Å²) < 4.78 is 0.922. The van der Waals surface area contributed by atoms with Crippen LogP contribution < -0.4 is 5.32 Å². The van der Waals surface area contributed by atoms with Crippen LogP contribution in [0.4, 0.5) is 5.69 Å². The van der Waals surface area contributed by atoms with Crippen molar-refractivity contribution in [1.29, 1.82) is 0 Å². The van der Waals surface area contributed by atoms with Crippen LogP contribution >= 0.6 is 27.3 Å². The molecule has 1 aliphatic rings. The number of hydrogen-bond acceptors (Lipinski definition) is 3. The largest absolute Gasteiger partial charge is 0.324 e. The van der Waals surface area contributed by atoms with Crippen molar-refractivity contribution in [3.63, 3.8) is 0 Å². The molecule has 1 unspecified atom stereocenters. The van der Waals surface area contributed by atoms with Crippen molar-refractivity contribution in [2.45, 2.75) is 19.9 Å². The van der Waals surface area contributed by atoms with Crippen LogP contribution in [-0.2, 0) is 9.59 Å². The number of hydrogen-bond donors (Lipinski definition) is 1. The van der Waals surface area contributed by atoms with Gasteiger partial charge in [0.25, 0.3) is 0 Å². The van der Waals surface area contributed by atoms with E-state index in [9.17, 15) is 9.59 Å². The van der Waals surface area contributed by atoms with Crippen LogP contribution in [0.15, 0.2) is 40.2 Å². The van der Waals surface area contributed by atoms with E-state index < -0.39 is 0 Å². The van der Waals surface area contributed by atoms with Gasteiger partial charge in [0.05, 0.1) is 6.04 Å². The Morgan fingerprint density at radius 1 is 1.39 bits per heavy atom. The van der Waals surface area contributed by atoms with Crippen molar-refractivity contribution in [3.05, 3.63) is 50.6 Å². The molecule has 1 atom stereocenters. The van der Waals surface area contributed by atoms with Crippen LogP contribution in [-0.4, -0.2) is 23.3 Å². The van der Waals surface area contributed by atoms with Gasteiger partial charge in [-0.05, 0) is 29.6 Å². The zero-order chi connectivity index (χ0) is 16.6. The average Bonchev–Trinajstić information content (AvgIpc) is 2.97. The second-order valence-corrected chi connectivity index (χ2v) is 7.71. The van der Waals surface area contributed by atoms with Gasteiger partial charge in [0.1, 0.15) is 6.54 Å². The van der Waals surface area contributed by atoms with E-state index in [0.29, 0.717) is 0 Å². The van der Waals surface area contributed by atoms with Gasteiger partial charge in [-0.15, -0.1) is 11.3 Å². The van der Waals surface area contributed by atoms with Crippen LogP contribution in [0, 0.1) is 5.92 Å². The quantitative estimate of drug-likeness (QED) is 0.838. The van der Waals surface area contributed by atoms with Gasteiger partial charge < -0.3 is 10.2 Å². The highest BCUT2D eigenvalue weighted by Gasteiger charge is 2.34. The maximum Gasteiger partial charge on any atom is 0.244 e. The molecule has 0 aliphatic carbocycles.